The maximum absolute atomic E-state index is 11.9. The molecule has 0 unspecified atom stereocenters. The zero-order valence-electron chi connectivity index (χ0n) is 15.8. The number of aliphatic imine (C=N–C) groups is 1. The molecule has 0 aliphatic carbocycles. The predicted octanol–water partition coefficient (Wildman–Crippen LogP) is 2.42. The normalized spacial score (nSPS) is 11.5. The Morgan fingerprint density at radius 3 is 2.36 bits per heavy atom. The van der Waals surface area contributed by atoms with E-state index in [4.69, 9.17) is 4.74 Å². The van der Waals surface area contributed by atoms with Gasteiger partial charge in [0.1, 0.15) is 0 Å². The van der Waals surface area contributed by atoms with E-state index in [1.165, 1.54) is 0 Å². The van der Waals surface area contributed by atoms with Gasteiger partial charge in [-0.1, -0.05) is 24.3 Å². The van der Waals surface area contributed by atoms with Gasteiger partial charge in [0.25, 0.3) is 0 Å². The molecule has 0 bridgehead atoms. The summed E-state index contributed by atoms with van der Waals surface area (Å²) in [5.74, 6) is 0.521. The monoisotopic (exact) mass is 462 g/mol. The topological polar surface area (TPSA) is 74.8 Å². The lowest BCUT2D eigenvalue weighted by Crippen LogP contribution is -2.48. The van der Waals surface area contributed by atoms with Crippen LogP contribution in [0.3, 0.4) is 0 Å². The van der Waals surface area contributed by atoms with Gasteiger partial charge in [0.2, 0.25) is 5.91 Å². The number of nitrogens with zero attached hydrogens (tertiary/aromatic N) is 1. The van der Waals surface area contributed by atoms with Crippen molar-refractivity contribution in [1.29, 1.82) is 0 Å². The zero-order chi connectivity index (χ0) is 18.0. The third-order valence-corrected chi connectivity index (χ3v) is 3.18. The fourth-order valence-corrected chi connectivity index (χ4v) is 2.11. The van der Waals surface area contributed by atoms with E-state index in [1.807, 2.05) is 39.8 Å². The molecule has 1 aromatic rings. The molecule has 0 saturated carbocycles. The van der Waals surface area contributed by atoms with Crippen LogP contribution in [0.4, 0.5) is 0 Å². The van der Waals surface area contributed by atoms with Crippen LogP contribution in [0.2, 0.25) is 0 Å². The second-order valence-corrected chi connectivity index (χ2v) is 6.48. The van der Waals surface area contributed by atoms with Crippen LogP contribution in [0, 0.1) is 0 Å². The average Bonchev–Trinajstić information content (AvgIpc) is 2.52. The highest BCUT2D eigenvalue weighted by atomic mass is 127. The number of amides is 1. The molecule has 0 radical (unpaired) electrons. The van der Waals surface area contributed by atoms with Crippen molar-refractivity contribution in [2.45, 2.75) is 46.4 Å². The number of nitrogens with one attached hydrogen (secondary N) is 3. The number of carbonyl (C=O) groups excluding carboxylic acids is 1. The molecule has 0 aliphatic rings. The molecule has 0 atom stereocenters. The fourth-order valence-electron chi connectivity index (χ4n) is 2.11. The number of benzene rings is 1. The zero-order valence-corrected chi connectivity index (χ0v) is 18.1. The number of carbonyl (C=O) groups is 1. The first-order chi connectivity index (χ1) is 11.4. The second kappa shape index (κ2) is 12.1. The minimum Gasteiger partial charge on any atom is -0.377 e. The van der Waals surface area contributed by atoms with E-state index in [9.17, 15) is 4.79 Å². The van der Waals surface area contributed by atoms with Crippen LogP contribution >= 0.6 is 24.0 Å². The highest BCUT2D eigenvalue weighted by Gasteiger charge is 2.13. The molecule has 1 amide bonds. The quantitative estimate of drug-likeness (QED) is 0.331. The Morgan fingerprint density at radius 2 is 1.80 bits per heavy atom. The molecule has 1 aromatic carbocycles. The van der Waals surface area contributed by atoms with Crippen LogP contribution in [0.15, 0.2) is 29.3 Å². The molecule has 0 heterocycles. The molecule has 0 aromatic heterocycles. The van der Waals surface area contributed by atoms with Crippen molar-refractivity contribution in [1.82, 2.24) is 16.0 Å². The SMILES string of the molecule is CCOCc1ccccc1CNC(=NC)NCC(=O)NC(C)(C)C.I. The first-order valence-corrected chi connectivity index (χ1v) is 8.25. The Morgan fingerprint density at radius 1 is 1.16 bits per heavy atom. The van der Waals surface area contributed by atoms with Gasteiger partial charge in [-0.05, 0) is 38.8 Å². The molecular weight excluding hydrogens is 431 g/mol. The highest BCUT2D eigenvalue weighted by Crippen LogP contribution is 2.09. The highest BCUT2D eigenvalue weighted by molar-refractivity contribution is 14.0. The maximum Gasteiger partial charge on any atom is 0.239 e. The van der Waals surface area contributed by atoms with Gasteiger partial charge in [0.05, 0.1) is 13.2 Å². The molecule has 142 valence electrons. The third kappa shape index (κ3) is 10.3. The summed E-state index contributed by atoms with van der Waals surface area (Å²) in [5.41, 5.74) is 2.05. The summed E-state index contributed by atoms with van der Waals surface area (Å²) >= 11 is 0. The van der Waals surface area contributed by atoms with Gasteiger partial charge in [0.15, 0.2) is 5.96 Å². The lowest BCUT2D eigenvalue weighted by atomic mass is 10.1. The number of guanidine groups is 1. The Hall–Kier alpha value is -1.35. The Balaban J connectivity index is 0.00000576. The van der Waals surface area contributed by atoms with E-state index in [0.29, 0.717) is 25.7 Å². The van der Waals surface area contributed by atoms with Gasteiger partial charge in [-0.3, -0.25) is 9.79 Å². The van der Waals surface area contributed by atoms with E-state index < -0.39 is 0 Å². The van der Waals surface area contributed by atoms with E-state index in [2.05, 4.69) is 33.1 Å². The van der Waals surface area contributed by atoms with Crippen LogP contribution in [0.1, 0.15) is 38.8 Å². The minimum atomic E-state index is -0.242. The minimum absolute atomic E-state index is 0. The summed E-state index contributed by atoms with van der Waals surface area (Å²) in [4.78, 5) is 16.0. The largest absolute Gasteiger partial charge is 0.377 e. The molecule has 0 spiro atoms. The average molecular weight is 462 g/mol. The van der Waals surface area contributed by atoms with E-state index in [0.717, 1.165) is 11.1 Å². The summed E-state index contributed by atoms with van der Waals surface area (Å²) in [6.45, 7) is 9.91. The molecule has 0 aliphatic heterocycles. The van der Waals surface area contributed by atoms with E-state index >= 15 is 0 Å². The van der Waals surface area contributed by atoms with Crippen LogP contribution in [-0.4, -0.2) is 37.6 Å². The molecule has 1 rings (SSSR count). The summed E-state index contributed by atoms with van der Waals surface area (Å²) in [7, 11) is 1.68. The summed E-state index contributed by atoms with van der Waals surface area (Å²) in [6.07, 6.45) is 0. The fraction of sp³-hybridized carbons (Fsp3) is 0.556. The van der Waals surface area contributed by atoms with Crippen molar-refractivity contribution in [3.05, 3.63) is 35.4 Å². The van der Waals surface area contributed by atoms with Crippen molar-refractivity contribution in [3.63, 3.8) is 0 Å². The molecular formula is C18H31IN4O2. The lowest BCUT2D eigenvalue weighted by molar-refractivity contribution is -0.121. The summed E-state index contributed by atoms with van der Waals surface area (Å²) < 4.78 is 5.49. The van der Waals surface area contributed by atoms with Gasteiger partial charge in [-0.15, -0.1) is 24.0 Å². The number of hydrogen-bond donors (Lipinski definition) is 3. The maximum atomic E-state index is 11.9. The second-order valence-electron chi connectivity index (χ2n) is 6.48. The standard InChI is InChI=1S/C18H30N4O2.HI/c1-6-24-13-15-10-8-7-9-14(15)11-20-17(19-5)21-12-16(23)22-18(2,3)4;/h7-10H,6,11-13H2,1-5H3,(H,22,23)(H2,19,20,21);1H. The van der Waals surface area contributed by atoms with Crippen LogP contribution in [-0.2, 0) is 22.7 Å². The first-order valence-electron chi connectivity index (χ1n) is 8.25. The van der Waals surface area contributed by atoms with Gasteiger partial charge in [-0.2, -0.15) is 0 Å². The third-order valence-electron chi connectivity index (χ3n) is 3.18. The summed E-state index contributed by atoms with van der Waals surface area (Å²) in [5, 5.41) is 9.15. The first kappa shape index (κ1) is 23.6. The van der Waals surface area contributed by atoms with Crippen LogP contribution < -0.4 is 16.0 Å². The molecule has 7 heteroatoms. The van der Waals surface area contributed by atoms with E-state index in [-0.39, 0.29) is 42.0 Å². The van der Waals surface area contributed by atoms with Crippen molar-refractivity contribution in [2.24, 2.45) is 4.99 Å². The van der Waals surface area contributed by atoms with Crippen molar-refractivity contribution >= 4 is 35.8 Å². The number of halogens is 1. The molecule has 25 heavy (non-hydrogen) atoms. The molecule has 0 saturated heterocycles. The van der Waals surface area contributed by atoms with Crippen molar-refractivity contribution < 1.29 is 9.53 Å². The lowest BCUT2D eigenvalue weighted by Gasteiger charge is -2.21. The van der Waals surface area contributed by atoms with Gasteiger partial charge >= 0.3 is 0 Å². The number of rotatable bonds is 7. The number of ether oxygens (including phenoxy) is 1. The van der Waals surface area contributed by atoms with Gasteiger partial charge in [0, 0.05) is 25.7 Å². The smallest absolute Gasteiger partial charge is 0.239 e. The number of hydrogen-bond acceptors (Lipinski definition) is 3. The molecule has 3 N–H and O–H groups in total. The Kier molecular flexibility index (Phi) is 11.4. The van der Waals surface area contributed by atoms with Crippen LogP contribution in [0.25, 0.3) is 0 Å². The summed E-state index contributed by atoms with van der Waals surface area (Å²) in [6, 6.07) is 8.11. The Bertz CT molecular complexity index is 556. The molecule has 0 fully saturated rings. The Labute approximate surface area is 168 Å². The van der Waals surface area contributed by atoms with E-state index in [1.54, 1.807) is 7.05 Å². The van der Waals surface area contributed by atoms with Crippen molar-refractivity contribution in [3.8, 4) is 0 Å². The predicted molar refractivity (Wildman–Crippen MR) is 113 cm³/mol. The van der Waals surface area contributed by atoms with Gasteiger partial charge < -0.3 is 20.7 Å². The van der Waals surface area contributed by atoms with Crippen molar-refractivity contribution in [2.75, 3.05) is 20.2 Å². The van der Waals surface area contributed by atoms with Crippen LogP contribution in [0.5, 0.6) is 0 Å². The molecule has 6 nitrogen and oxygen atoms in total. The van der Waals surface area contributed by atoms with Gasteiger partial charge in [-0.25, -0.2) is 0 Å².